The first-order valence-corrected chi connectivity index (χ1v) is 9.91. The third-order valence-corrected chi connectivity index (χ3v) is 6.34. The molecule has 1 amide bonds. The molecular formula is C19H17N3O3S. The molecule has 2 aromatic carbocycles. The number of carbonyl (C=O) groups is 1. The lowest BCUT2D eigenvalue weighted by Crippen LogP contribution is -2.32. The highest BCUT2D eigenvalue weighted by molar-refractivity contribution is 7.92. The molecule has 2 aromatic rings. The van der Waals surface area contributed by atoms with Crippen molar-refractivity contribution in [3.63, 3.8) is 0 Å². The van der Waals surface area contributed by atoms with E-state index in [2.05, 4.69) is 4.72 Å². The van der Waals surface area contributed by atoms with Crippen LogP contribution in [0.3, 0.4) is 0 Å². The number of anilines is 2. The Balaban J connectivity index is 1.80. The molecule has 0 unspecified atom stereocenters. The fraction of sp³-hybridized carbons (Fsp3) is 0.263. The van der Waals surface area contributed by atoms with E-state index in [9.17, 15) is 13.2 Å². The number of nitriles is 1. The summed E-state index contributed by atoms with van der Waals surface area (Å²) < 4.78 is 28.3. The van der Waals surface area contributed by atoms with Crippen molar-refractivity contribution < 1.29 is 13.2 Å². The standard InChI is InChI=1S/C19H17N3O3S/c1-12-16-10-15(9-13-6-4-8-22(18(13)16)19(12)23)26(24,25)21-17-7-3-2-5-14(17)11-20/h2-3,5,7,9-10,12,21H,4,6,8H2,1H3/t12-/m1/s1. The van der Waals surface area contributed by atoms with Crippen LogP contribution in [0.1, 0.15) is 36.0 Å². The number of aryl methyl sites for hydroxylation is 1. The summed E-state index contributed by atoms with van der Waals surface area (Å²) in [7, 11) is -3.87. The number of sulfonamides is 1. The molecule has 2 aliphatic heterocycles. The van der Waals surface area contributed by atoms with Crippen LogP contribution in [-0.4, -0.2) is 20.9 Å². The first kappa shape index (κ1) is 16.6. The number of nitrogens with zero attached hydrogens (tertiary/aromatic N) is 2. The molecule has 1 N–H and O–H groups in total. The zero-order valence-electron chi connectivity index (χ0n) is 14.2. The Morgan fingerprint density at radius 2 is 2.04 bits per heavy atom. The Labute approximate surface area is 152 Å². The lowest BCUT2D eigenvalue weighted by atomic mass is 9.97. The smallest absolute Gasteiger partial charge is 0.261 e. The third kappa shape index (κ3) is 2.45. The normalized spacial score (nSPS) is 18.4. The highest BCUT2D eigenvalue weighted by atomic mass is 32.2. The minimum Gasteiger partial charge on any atom is -0.311 e. The van der Waals surface area contributed by atoms with E-state index in [0.29, 0.717) is 6.54 Å². The molecule has 0 spiro atoms. The van der Waals surface area contributed by atoms with Gasteiger partial charge in [0.15, 0.2) is 0 Å². The van der Waals surface area contributed by atoms with Gasteiger partial charge in [0.1, 0.15) is 6.07 Å². The first-order chi connectivity index (χ1) is 12.4. The van der Waals surface area contributed by atoms with Crippen LogP contribution in [0.2, 0.25) is 0 Å². The quantitative estimate of drug-likeness (QED) is 0.903. The largest absolute Gasteiger partial charge is 0.311 e. The van der Waals surface area contributed by atoms with Crippen molar-refractivity contribution in [2.75, 3.05) is 16.2 Å². The number of carbonyl (C=O) groups excluding carboxylic acids is 1. The molecule has 0 saturated carbocycles. The molecule has 0 bridgehead atoms. The van der Waals surface area contributed by atoms with Crippen molar-refractivity contribution >= 4 is 27.3 Å². The van der Waals surface area contributed by atoms with Gasteiger partial charge in [0.2, 0.25) is 5.91 Å². The molecule has 0 saturated heterocycles. The van der Waals surface area contributed by atoms with Gasteiger partial charge in [-0.1, -0.05) is 12.1 Å². The molecule has 6 nitrogen and oxygen atoms in total. The van der Waals surface area contributed by atoms with Crippen molar-refractivity contribution in [1.29, 1.82) is 5.26 Å². The molecular weight excluding hydrogens is 350 g/mol. The molecule has 0 aliphatic carbocycles. The minimum absolute atomic E-state index is 0.0262. The summed E-state index contributed by atoms with van der Waals surface area (Å²) in [4.78, 5) is 14.3. The van der Waals surface area contributed by atoms with Crippen LogP contribution >= 0.6 is 0 Å². The number of amides is 1. The second-order valence-corrected chi connectivity index (χ2v) is 8.28. The third-order valence-electron chi connectivity index (χ3n) is 4.99. The molecule has 132 valence electrons. The van der Waals surface area contributed by atoms with E-state index < -0.39 is 10.0 Å². The zero-order chi connectivity index (χ0) is 18.5. The highest BCUT2D eigenvalue weighted by Gasteiger charge is 2.38. The van der Waals surface area contributed by atoms with E-state index in [1.54, 1.807) is 41.3 Å². The SMILES string of the molecule is C[C@H]1C(=O)N2CCCc3cc(S(=O)(=O)Nc4ccccc4C#N)cc1c32. The first-order valence-electron chi connectivity index (χ1n) is 8.42. The molecule has 0 aromatic heterocycles. The van der Waals surface area contributed by atoms with Gasteiger partial charge in [-0.15, -0.1) is 0 Å². The molecule has 0 fully saturated rings. The van der Waals surface area contributed by atoms with Gasteiger partial charge < -0.3 is 4.90 Å². The van der Waals surface area contributed by atoms with Gasteiger partial charge in [-0.3, -0.25) is 9.52 Å². The fourth-order valence-electron chi connectivity index (χ4n) is 3.69. The Hall–Kier alpha value is -2.85. The summed E-state index contributed by atoms with van der Waals surface area (Å²) in [6.07, 6.45) is 1.57. The van der Waals surface area contributed by atoms with Crippen LogP contribution in [0.15, 0.2) is 41.3 Å². The van der Waals surface area contributed by atoms with Crippen LogP contribution < -0.4 is 9.62 Å². The topological polar surface area (TPSA) is 90.3 Å². The number of hydrogen-bond donors (Lipinski definition) is 1. The molecule has 2 aliphatic rings. The van der Waals surface area contributed by atoms with Crippen molar-refractivity contribution in [2.24, 2.45) is 0 Å². The molecule has 26 heavy (non-hydrogen) atoms. The summed E-state index contributed by atoms with van der Waals surface area (Å²) in [5, 5.41) is 9.17. The Morgan fingerprint density at radius 3 is 2.81 bits per heavy atom. The maximum atomic E-state index is 12.9. The van der Waals surface area contributed by atoms with Gasteiger partial charge in [0.25, 0.3) is 10.0 Å². The van der Waals surface area contributed by atoms with E-state index in [1.807, 2.05) is 13.0 Å². The minimum atomic E-state index is -3.87. The summed E-state index contributed by atoms with van der Waals surface area (Å²) in [5.41, 5.74) is 3.04. The lowest BCUT2D eigenvalue weighted by molar-refractivity contribution is -0.119. The zero-order valence-corrected chi connectivity index (χ0v) is 15.0. The van der Waals surface area contributed by atoms with E-state index in [1.165, 1.54) is 0 Å². The monoisotopic (exact) mass is 367 g/mol. The lowest BCUT2D eigenvalue weighted by Gasteiger charge is -2.26. The molecule has 4 rings (SSSR count). The van der Waals surface area contributed by atoms with Crippen LogP contribution in [-0.2, 0) is 21.2 Å². The average molecular weight is 367 g/mol. The molecule has 7 heteroatoms. The second-order valence-electron chi connectivity index (χ2n) is 6.60. The van der Waals surface area contributed by atoms with Crippen molar-refractivity contribution in [3.05, 3.63) is 53.1 Å². The Bertz CT molecular complexity index is 1070. The van der Waals surface area contributed by atoms with E-state index in [-0.39, 0.29) is 28.0 Å². The van der Waals surface area contributed by atoms with Gasteiger partial charge in [0, 0.05) is 6.54 Å². The van der Waals surface area contributed by atoms with Gasteiger partial charge in [0.05, 0.1) is 27.8 Å². The molecule has 0 radical (unpaired) electrons. The number of para-hydroxylation sites is 1. The highest BCUT2D eigenvalue weighted by Crippen LogP contribution is 2.44. The van der Waals surface area contributed by atoms with E-state index >= 15 is 0 Å². The summed E-state index contributed by atoms with van der Waals surface area (Å²) in [5.74, 6) is -0.318. The number of nitrogens with one attached hydrogen (secondary N) is 1. The Morgan fingerprint density at radius 1 is 1.27 bits per heavy atom. The van der Waals surface area contributed by atoms with Gasteiger partial charge in [-0.2, -0.15) is 5.26 Å². The van der Waals surface area contributed by atoms with Crippen molar-refractivity contribution in [2.45, 2.75) is 30.6 Å². The van der Waals surface area contributed by atoms with Gasteiger partial charge >= 0.3 is 0 Å². The van der Waals surface area contributed by atoms with Crippen molar-refractivity contribution in [3.8, 4) is 6.07 Å². The van der Waals surface area contributed by atoms with Crippen molar-refractivity contribution in [1.82, 2.24) is 0 Å². The maximum absolute atomic E-state index is 12.9. The van der Waals surface area contributed by atoms with Crippen LogP contribution in [0.4, 0.5) is 11.4 Å². The summed E-state index contributed by atoms with van der Waals surface area (Å²) in [6.45, 7) is 2.49. The summed E-state index contributed by atoms with van der Waals surface area (Å²) >= 11 is 0. The van der Waals surface area contributed by atoms with Crippen LogP contribution in [0.5, 0.6) is 0 Å². The second kappa shape index (κ2) is 5.85. The van der Waals surface area contributed by atoms with E-state index in [0.717, 1.165) is 29.7 Å². The van der Waals surface area contributed by atoms with Gasteiger partial charge in [-0.05, 0) is 55.2 Å². The average Bonchev–Trinajstić information content (AvgIpc) is 2.88. The predicted octanol–water partition coefficient (Wildman–Crippen LogP) is 2.76. The van der Waals surface area contributed by atoms with Crippen LogP contribution in [0.25, 0.3) is 0 Å². The van der Waals surface area contributed by atoms with E-state index in [4.69, 9.17) is 5.26 Å². The van der Waals surface area contributed by atoms with Crippen LogP contribution in [0, 0.1) is 11.3 Å². The Kier molecular flexibility index (Phi) is 3.74. The number of hydrogen-bond acceptors (Lipinski definition) is 4. The number of rotatable bonds is 3. The fourth-order valence-corrected chi connectivity index (χ4v) is 4.86. The van der Waals surface area contributed by atoms with Gasteiger partial charge in [-0.25, -0.2) is 8.42 Å². The molecule has 2 heterocycles. The number of benzene rings is 2. The predicted molar refractivity (Wildman–Crippen MR) is 97.5 cm³/mol. The summed E-state index contributed by atoms with van der Waals surface area (Å²) in [6, 6.07) is 11.7. The molecule has 1 atom stereocenters. The maximum Gasteiger partial charge on any atom is 0.261 e.